The molecule has 1 aliphatic heterocycles. The van der Waals surface area contributed by atoms with Gasteiger partial charge in [0.05, 0.1) is 0 Å². The van der Waals surface area contributed by atoms with E-state index < -0.39 is 0 Å². The predicted octanol–water partition coefficient (Wildman–Crippen LogP) is 5.27. The third-order valence-corrected chi connectivity index (χ3v) is 5.76. The summed E-state index contributed by atoms with van der Waals surface area (Å²) in [5.74, 6) is 0.234. The average Bonchev–Trinajstić information content (AvgIpc) is 3.31. The molecule has 5 nitrogen and oxygen atoms in total. The fraction of sp³-hybridized carbons (Fsp3) is 0.200. The molecule has 0 atom stereocenters. The van der Waals surface area contributed by atoms with Gasteiger partial charge in [0, 0.05) is 41.5 Å². The zero-order valence-corrected chi connectivity index (χ0v) is 16.8. The molecule has 1 N–H and O–H groups in total. The number of rotatable bonds is 4. The van der Waals surface area contributed by atoms with Crippen molar-refractivity contribution in [1.82, 2.24) is 4.90 Å². The number of hydrogen-bond acceptors (Lipinski definition) is 3. The Morgan fingerprint density at radius 2 is 1.93 bits per heavy atom. The Morgan fingerprint density at radius 3 is 2.77 bits per heavy atom. The normalized spacial score (nSPS) is 14.0. The van der Waals surface area contributed by atoms with Crippen LogP contribution in [0.5, 0.6) is 0 Å². The van der Waals surface area contributed by atoms with Gasteiger partial charge in [0.25, 0.3) is 5.91 Å². The Bertz CT molecular complexity index is 1290. The molecule has 1 aliphatic rings. The highest BCUT2D eigenvalue weighted by Gasteiger charge is 2.21. The minimum atomic E-state index is -0.276. The molecule has 5 heteroatoms. The van der Waals surface area contributed by atoms with Gasteiger partial charge >= 0.3 is 0 Å². The monoisotopic (exact) mass is 398 g/mol. The molecular formula is C25H22N2O3. The first-order valence-electron chi connectivity index (χ1n) is 10.2. The summed E-state index contributed by atoms with van der Waals surface area (Å²) in [6, 6.07) is 19.7. The maximum atomic E-state index is 13.0. The second-order valence-corrected chi connectivity index (χ2v) is 7.79. The van der Waals surface area contributed by atoms with Gasteiger partial charge in [-0.25, -0.2) is 0 Å². The number of furan rings is 1. The largest absolute Gasteiger partial charge is 0.450 e. The summed E-state index contributed by atoms with van der Waals surface area (Å²) in [5.41, 5.74) is 3.24. The lowest BCUT2D eigenvalue weighted by molar-refractivity contribution is -0.128. The SMILES string of the molecule is Cc1c(C(=O)Nc2cccc(CN3CCCC3=O)c2)oc2c1ccc1ccccc12. The summed E-state index contributed by atoms with van der Waals surface area (Å²) < 4.78 is 6.03. The Morgan fingerprint density at radius 1 is 1.07 bits per heavy atom. The summed E-state index contributed by atoms with van der Waals surface area (Å²) in [6.45, 7) is 3.27. The Balaban J connectivity index is 1.42. The van der Waals surface area contributed by atoms with Crippen LogP contribution in [-0.4, -0.2) is 23.3 Å². The van der Waals surface area contributed by atoms with Crippen LogP contribution in [-0.2, 0) is 11.3 Å². The summed E-state index contributed by atoms with van der Waals surface area (Å²) in [6.07, 6.45) is 1.53. The van der Waals surface area contributed by atoms with Gasteiger partial charge in [-0.2, -0.15) is 0 Å². The second-order valence-electron chi connectivity index (χ2n) is 7.79. The fourth-order valence-corrected chi connectivity index (χ4v) is 4.19. The lowest BCUT2D eigenvalue weighted by atomic mass is 10.1. The average molecular weight is 398 g/mol. The van der Waals surface area contributed by atoms with Crippen molar-refractivity contribution in [3.05, 3.63) is 77.6 Å². The molecule has 0 aliphatic carbocycles. The molecule has 4 aromatic rings. The molecule has 3 aromatic carbocycles. The van der Waals surface area contributed by atoms with Gasteiger partial charge in [0.1, 0.15) is 5.58 Å². The van der Waals surface area contributed by atoms with Crippen LogP contribution in [0.1, 0.15) is 34.5 Å². The number of carbonyl (C=O) groups is 2. The third kappa shape index (κ3) is 3.22. The first-order valence-corrected chi connectivity index (χ1v) is 10.2. The molecule has 1 aromatic heterocycles. The molecule has 2 heterocycles. The number of carbonyl (C=O) groups excluding carboxylic acids is 2. The summed E-state index contributed by atoms with van der Waals surface area (Å²) in [7, 11) is 0. The Hall–Kier alpha value is -3.60. The van der Waals surface area contributed by atoms with E-state index in [0.717, 1.165) is 45.8 Å². The molecule has 0 bridgehead atoms. The summed E-state index contributed by atoms with van der Waals surface area (Å²) in [5, 5.41) is 5.97. The molecule has 1 saturated heterocycles. The predicted molar refractivity (Wildman–Crippen MR) is 118 cm³/mol. The number of aryl methyl sites for hydroxylation is 1. The van der Waals surface area contributed by atoms with E-state index in [2.05, 4.69) is 5.32 Å². The van der Waals surface area contributed by atoms with Crippen LogP contribution in [0, 0.1) is 6.92 Å². The van der Waals surface area contributed by atoms with Gasteiger partial charge in [-0.1, -0.05) is 48.5 Å². The molecule has 1 fully saturated rings. The van der Waals surface area contributed by atoms with Crippen LogP contribution in [0.15, 0.2) is 65.1 Å². The maximum Gasteiger partial charge on any atom is 0.291 e. The van der Waals surface area contributed by atoms with E-state index in [4.69, 9.17) is 4.42 Å². The minimum Gasteiger partial charge on any atom is -0.450 e. The fourth-order valence-electron chi connectivity index (χ4n) is 4.19. The number of nitrogens with one attached hydrogen (secondary N) is 1. The van der Waals surface area contributed by atoms with Crippen molar-refractivity contribution in [3.63, 3.8) is 0 Å². The highest BCUT2D eigenvalue weighted by Crippen LogP contribution is 2.32. The van der Waals surface area contributed by atoms with E-state index in [-0.39, 0.29) is 11.8 Å². The van der Waals surface area contributed by atoms with Crippen molar-refractivity contribution in [2.45, 2.75) is 26.3 Å². The quantitative estimate of drug-likeness (QED) is 0.509. The summed E-state index contributed by atoms with van der Waals surface area (Å²) in [4.78, 5) is 26.7. The number of amides is 2. The Kier molecular flexibility index (Phi) is 4.51. The molecule has 0 radical (unpaired) electrons. The molecule has 0 saturated carbocycles. The Labute approximate surface area is 174 Å². The zero-order valence-electron chi connectivity index (χ0n) is 16.8. The highest BCUT2D eigenvalue weighted by molar-refractivity contribution is 6.11. The molecular weight excluding hydrogens is 376 g/mol. The van der Waals surface area contributed by atoms with Crippen LogP contribution in [0.4, 0.5) is 5.69 Å². The molecule has 5 rings (SSSR count). The standard InChI is InChI=1S/C25H22N2O3/c1-16-20-12-11-18-7-2-3-9-21(18)24(20)30-23(16)25(29)26-19-8-4-6-17(14-19)15-27-13-5-10-22(27)28/h2-4,6-9,11-12,14H,5,10,13,15H2,1H3,(H,26,29). The first kappa shape index (κ1) is 18.4. The van der Waals surface area contributed by atoms with Crippen molar-refractivity contribution in [3.8, 4) is 0 Å². The maximum absolute atomic E-state index is 13.0. The molecule has 0 spiro atoms. The lowest BCUT2D eigenvalue weighted by Crippen LogP contribution is -2.23. The van der Waals surface area contributed by atoms with E-state index in [1.807, 2.05) is 72.5 Å². The number of benzene rings is 3. The first-order chi connectivity index (χ1) is 14.6. The van der Waals surface area contributed by atoms with E-state index in [1.165, 1.54) is 0 Å². The van der Waals surface area contributed by atoms with Gasteiger partial charge in [0.15, 0.2) is 5.76 Å². The van der Waals surface area contributed by atoms with E-state index in [1.54, 1.807) is 0 Å². The van der Waals surface area contributed by atoms with Crippen molar-refractivity contribution in [1.29, 1.82) is 0 Å². The molecule has 150 valence electrons. The van der Waals surface area contributed by atoms with Crippen LogP contribution in [0.3, 0.4) is 0 Å². The van der Waals surface area contributed by atoms with E-state index in [0.29, 0.717) is 24.4 Å². The van der Waals surface area contributed by atoms with E-state index >= 15 is 0 Å². The van der Waals surface area contributed by atoms with Gasteiger partial charge < -0.3 is 14.6 Å². The number of nitrogens with zero attached hydrogens (tertiary/aromatic N) is 1. The van der Waals surface area contributed by atoms with Crippen LogP contribution >= 0.6 is 0 Å². The van der Waals surface area contributed by atoms with E-state index in [9.17, 15) is 9.59 Å². The van der Waals surface area contributed by atoms with Gasteiger partial charge in [-0.05, 0) is 36.4 Å². The van der Waals surface area contributed by atoms with Crippen molar-refractivity contribution < 1.29 is 14.0 Å². The number of anilines is 1. The zero-order chi connectivity index (χ0) is 20.7. The molecule has 30 heavy (non-hydrogen) atoms. The number of fused-ring (bicyclic) bond motifs is 3. The third-order valence-electron chi connectivity index (χ3n) is 5.76. The number of hydrogen-bond donors (Lipinski definition) is 1. The van der Waals surface area contributed by atoms with Crippen molar-refractivity contribution in [2.75, 3.05) is 11.9 Å². The number of likely N-dealkylation sites (tertiary alicyclic amines) is 1. The van der Waals surface area contributed by atoms with Crippen molar-refractivity contribution >= 4 is 39.2 Å². The van der Waals surface area contributed by atoms with Crippen LogP contribution in [0.2, 0.25) is 0 Å². The van der Waals surface area contributed by atoms with Crippen LogP contribution < -0.4 is 5.32 Å². The van der Waals surface area contributed by atoms with Gasteiger partial charge in [-0.3, -0.25) is 9.59 Å². The highest BCUT2D eigenvalue weighted by atomic mass is 16.3. The summed E-state index contributed by atoms with van der Waals surface area (Å²) >= 11 is 0. The van der Waals surface area contributed by atoms with Gasteiger partial charge in [-0.15, -0.1) is 0 Å². The lowest BCUT2D eigenvalue weighted by Gasteiger charge is -2.16. The van der Waals surface area contributed by atoms with Crippen molar-refractivity contribution in [2.24, 2.45) is 0 Å². The van der Waals surface area contributed by atoms with Gasteiger partial charge in [0.2, 0.25) is 5.91 Å². The topological polar surface area (TPSA) is 62.6 Å². The molecule has 2 amide bonds. The molecule has 0 unspecified atom stereocenters. The second kappa shape index (κ2) is 7.34. The smallest absolute Gasteiger partial charge is 0.291 e. The minimum absolute atomic E-state index is 0.189. The van der Waals surface area contributed by atoms with Crippen LogP contribution in [0.25, 0.3) is 21.7 Å².